The first-order valence-corrected chi connectivity index (χ1v) is 18.3. The number of likely N-dealkylation sites (N-methyl/N-ethyl adjacent to an activating group) is 1. The number of phosphoric acid groups is 1. The normalized spacial score (nSPS) is 15.4. The zero-order valence-electron chi connectivity index (χ0n) is 28.1. The Bertz CT molecular complexity index is 809. The highest BCUT2D eigenvalue weighted by molar-refractivity contribution is 7.45. The number of carbonyl (C=O) groups excluding carboxylic acids is 1. The lowest BCUT2D eigenvalue weighted by atomic mass is 10.1. The van der Waals surface area contributed by atoms with Gasteiger partial charge in [-0.25, -0.2) is 0 Å². The Morgan fingerprint density at radius 2 is 1.30 bits per heavy atom. The van der Waals surface area contributed by atoms with Gasteiger partial charge in [-0.2, -0.15) is 0 Å². The maximum atomic E-state index is 12.2. The van der Waals surface area contributed by atoms with Gasteiger partial charge in [-0.15, -0.1) is 0 Å². The number of nitrogens with zero attached hydrogens (tertiary/aromatic N) is 1. The van der Waals surface area contributed by atoms with Crippen LogP contribution in [0.1, 0.15) is 123 Å². The second-order valence-corrected chi connectivity index (χ2v) is 13.9. The molecule has 0 aliphatic carbocycles. The zero-order chi connectivity index (χ0) is 32.2. The van der Waals surface area contributed by atoms with Crippen LogP contribution in [0.15, 0.2) is 36.5 Å². The molecule has 3 unspecified atom stereocenters. The number of rotatable bonds is 29. The van der Waals surface area contributed by atoms with Crippen molar-refractivity contribution in [1.29, 1.82) is 0 Å². The van der Waals surface area contributed by atoms with E-state index in [-0.39, 0.29) is 18.9 Å². The molecule has 0 aromatic carbocycles. The van der Waals surface area contributed by atoms with Crippen LogP contribution >= 0.6 is 7.82 Å². The molecule has 8 nitrogen and oxygen atoms in total. The van der Waals surface area contributed by atoms with Crippen molar-refractivity contribution in [3.63, 3.8) is 0 Å². The van der Waals surface area contributed by atoms with Crippen molar-refractivity contribution in [3.05, 3.63) is 36.5 Å². The molecule has 9 heteroatoms. The number of carbonyl (C=O) groups is 1. The van der Waals surface area contributed by atoms with Gasteiger partial charge in [0.25, 0.3) is 7.82 Å². The van der Waals surface area contributed by atoms with Gasteiger partial charge in [0, 0.05) is 6.42 Å². The molecule has 0 aromatic heterocycles. The van der Waals surface area contributed by atoms with E-state index in [0.29, 0.717) is 17.4 Å². The molecule has 0 rings (SSSR count). The van der Waals surface area contributed by atoms with Crippen LogP contribution in [-0.4, -0.2) is 68.5 Å². The maximum absolute atomic E-state index is 12.2. The number of aliphatic hydroxyl groups is 1. The number of hydrogen-bond acceptors (Lipinski definition) is 6. The Morgan fingerprint density at radius 3 is 1.84 bits per heavy atom. The molecule has 0 saturated heterocycles. The zero-order valence-corrected chi connectivity index (χ0v) is 29.0. The number of hydrogen-bond donors (Lipinski definition) is 2. The van der Waals surface area contributed by atoms with Gasteiger partial charge >= 0.3 is 0 Å². The SMILES string of the molecule is CCCCCCCCCCCC/C=C/CC/C=C/CC/C=C/C(O)C(COP(=O)([O-])OCC[N+](C)(C)C)NC(=O)CCC. The molecular formula is C34H65N2O6P. The number of unbranched alkanes of at least 4 members (excludes halogenated alkanes) is 12. The van der Waals surface area contributed by atoms with Crippen molar-refractivity contribution in [3.8, 4) is 0 Å². The first-order valence-electron chi connectivity index (χ1n) is 16.9. The van der Waals surface area contributed by atoms with Crippen molar-refractivity contribution < 1.29 is 32.9 Å². The van der Waals surface area contributed by atoms with Crippen molar-refractivity contribution in [2.75, 3.05) is 40.9 Å². The molecule has 0 saturated carbocycles. The lowest BCUT2D eigenvalue weighted by Crippen LogP contribution is -2.45. The molecule has 3 atom stereocenters. The first-order chi connectivity index (χ1) is 20.5. The lowest BCUT2D eigenvalue weighted by Gasteiger charge is -2.29. The Hall–Kier alpha value is -1.28. The average Bonchev–Trinajstić information content (AvgIpc) is 2.93. The van der Waals surface area contributed by atoms with Gasteiger partial charge in [0.1, 0.15) is 13.2 Å². The number of nitrogens with one attached hydrogen (secondary N) is 1. The van der Waals surface area contributed by atoms with Gasteiger partial charge in [-0.1, -0.05) is 108 Å². The standard InChI is InChI=1S/C34H65N2O6P/c1-6-8-9-10-11-12-13-14-15-16-17-18-19-20-21-22-23-24-25-26-28-33(37)32(35-34(38)27-7-2)31-42-43(39,40)41-30-29-36(3,4)5/h18-19,22-23,26,28,32-33,37H,6-17,20-21,24-25,27,29-31H2,1-5H3,(H-,35,38,39,40)/b19-18+,23-22+,28-26+. The minimum Gasteiger partial charge on any atom is -0.756 e. The monoisotopic (exact) mass is 628 g/mol. The van der Waals surface area contributed by atoms with Gasteiger partial charge < -0.3 is 28.8 Å². The van der Waals surface area contributed by atoms with Crippen LogP contribution in [0.5, 0.6) is 0 Å². The smallest absolute Gasteiger partial charge is 0.268 e. The quantitative estimate of drug-likeness (QED) is 0.0387. The topological polar surface area (TPSA) is 108 Å². The summed E-state index contributed by atoms with van der Waals surface area (Å²) in [6.07, 6.45) is 30.7. The number of phosphoric ester groups is 1. The van der Waals surface area contributed by atoms with E-state index in [1.807, 2.05) is 34.1 Å². The van der Waals surface area contributed by atoms with Crippen LogP contribution in [0.3, 0.4) is 0 Å². The molecule has 0 heterocycles. The number of quaternary nitrogens is 1. The fourth-order valence-corrected chi connectivity index (χ4v) is 5.07. The average molecular weight is 629 g/mol. The fourth-order valence-electron chi connectivity index (χ4n) is 4.34. The lowest BCUT2D eigenvalue weighted by molar-refractivity contribution is -0.870. The highest BCUT2D eigenvalue weighted by Gasteiger charge is 2.22. The van der Waals surface area contributed by atoms with E-state index in [1.54, 1.807) is 6.08 Å². The van der Waals surface area contributed by atoms with Crippen LogP contribution in [-0.2, 0) is 18.4 Å². The molecule has 0 bridgehead atoms. The van der Waals surface area contributed by atoms with Gasteiger partial charge in [-0.05, 0) is 44.9 Å². The van der Waals surface area contributed by atoms with E-state index in [0.717, 1.165) is 25.7 Å². The van der Waals surface area contributed by atoms with Gasteiger partial charge in [-0.3, -0.25) is 9.36 Å². The van der Waals surface area contributed by atoms with Gasteiger partial charge in [0.15, 0.2) is 0 Å². The van der Waals surface area contributed by atoms with Crippen molar-refractivity contribution in [2.24, 2.45) is 0 Å². The third-order valence-corrected chi connectivity index (χ3v) is 8.01. The number of aliphatic hydroxyl groups excluding tert-OH is 1. The highest BCUT2D eigenvalue weighted by Crippen LogP contribution is 2.38. The molecular weight excluding hydrogens is 563 g/mol. The summed E-state index contributed by atoms with van der Waals surface area (Å²) in [6, 6.07) is -0.901. The second-order valence-electron chi connectivity index (χ2n) is 12.5. The highest BCUT2D eigenvalue weighted by atomic mass is 31.2. The summed E-state index contributed by atoms with van der Waals surface area (Å²) in [5.41, 5.74) is 0. The van der Waals surface area contributed by atoms with E-state index >= 15 is 0 Å². The Labute approximate surface area is 264 Å². The summed E-state index contributed by atoms with van der Waals surface area (Å²) < 4.78 is 22.6. The third-order valence-electron chi connectivity index (χ3n) is 7.05. The summed E-state index contributed by atoms with van der Waals surface area (Å²) in [5.74, 6) is -0.268. The largest absolute Gasteiger partial charge is 0.756 e. The Balaban J connectivity index is 4.21. The molecule has 43 heavy (non-hydrogen) atoms. The molecule has 0 fully saturated rings. The van der Waals surface area contributed by atoms with Gasteiger partial charge in [0.05, 0.1) is 39.9 Å². The van der Waals surface area contributed by atoms with E-state index in [9.17, 15) is 19.4 Å². The molecule has 252 valence electrons. The molecule has 0 aliphatic rings. The van der Waals surface area contributed by atoms with Crippen LogP contribution in [0.2, 0.25) is 0 Å². The van der Waals surface area contributed by atoms with E-state index in [4.69, 9.17) is 9.05 Å². The summed E-state index contributed by atoms with van der Waals surface area (Å²) in [4.78, 5) is 24.3. The molecule has 0 aromatic rings. The summed E-state index contributed by atoms with van der Waals surface area (Å²) in [6.45, 7) is 4.21. The first kappa shape index (κ1) is 41.7. The van der Waals surface area contributed by atoms with Crippen LogP contribution in [0, 0.1) is 0 Å². The van der Waals surface area contributed by atoms with Crippen molar-refractivity contribution in [2.45, 2.75) is 135 Å². The maximum Gasteiger partial charge on any atom is 0.268 e. The second kappa shape index (κ2) is 27.1. The molecule has 0 aliphatic heterocycles. The van der Waals surface area contributed by atoms with Crippen LogP contribution in [0.25, 0.3) is 0 Å². The predicted molar refractivity (Wildman–Crippen MR) is 178 cm³/mol. The Kier molecular flexibility index (Phi) is 26.3. The van der Waals surface area contributed by atoms with E-state index in [1.165, 1.54) is 70.6 Å². The summed E-state index contributed by atoms with van der Waals surface area (Å²) >= 11 is 0. The number of amides is 1. The number of allylic oxidation sites excluding steroid dienone is 5. The van der Waals surface area contributed by atoms with E-state index < -0.39 is 26.6 Å². The fraction of sp³-hybridized carbons (Fsp3) is 0.794. The van der Waals surface area contributed by atoms with E-state index in [2.05, 4.69) is 36.5 Å². The van der Waals surface area contributed by atoms with Crippen LogP contribution in [0.4, 0.5) is 0 Å². The summed E-state index contributed by atoms with van der Waals surface area (Å²) in [5, 5.41) is 13.3. The van der Waals surface area contributed by atoms with Crippen molar-refractivity contribution in [1.82, 2.24) is 5.32 Å². The minimum atomic E-state index is -4.56. The molecule has 0 spiro atoms. The third kappa shape index (κ3) is 29.2. The Morgan fingerprint density at radius 1 is 0.791 bits per heavy atom. The van der Waals surface area contributed by atoms with Gasteiger partial charge in [0.2, 0.25) is 5.91 Å². The molecule has 2 N–H and O–H groups in total. The molecule has 0 radical (unpaired) electrons. The van der Waals surface area contributed by atoms with Crippen LogP contribution < -0.4 is 10.2 Å². The molecule has 1 amide bonds. The summed E-state index contributed by atoms with van der Waals surface area (Å²) in [7, 11) is 1.22. The predicted octanol–water partition coefficient (Wildman–Crippen LogP) is 7.38. The van der Waals surface area contributed by atoms with Crippen molar-refractivity contribution >= 4 is 13.7 Å². The minimum absolute atomic E-state index is 0.0111.